The van der Waals surface area contributed by atoms with E-state index in [0.29, 0.717) is 0 Å². The average molecular weight is 214 g/mol. The van der Waals surface area contributed by atoms with Gasteiger partial charge in [-0.3, -0.25) is 0 Å². The molecule has 0 aromatic heterocycles. The van der Waals surface area contributed by atoms with E-state index >= 15 is 0 Å². The summed E-state index contributed by atoms with van der Waals surface area (Å²) in [5.41, 5.74) is 0. The number of nitrogens with zero attached hydrogens (tertiary/aromatic N) is 1. The zero-order valence-electron chi connectivity index (χ0n) is 10.5. The molecule has 0 saturated carbocycles. The normalized spacial score (nSPS) is 27.4. The Morgan fingerprint density at radius 1 is 1.20 bits per heavy atom. The van der Waals surface area contributed by atoms with Crippen LogP contribution in [-0.4, -0.2) is 51.3 Å². The molecule has 0 amide bonds. The molecule has 0 aromatic rings. The molecule has 1 aliphatic rings. The van der Waals surface area contributed by atoms with Crippen molar-refractivity contribution < 1.29 is 4.74 Å². The van der Waals surface area contributed by atoms with E-state index in [1.54, 1.807) is 7.11 Å². The van der Waals surface area contributed by atoms with Crippen molar-refractivity contribution in [2.45, 2.75) is 20.3 Å². The van der Waals surface area contributed by atoms with Gasteiger partial charge in [0.05, 0.1) is 6.61 Å². The van der Waals surface area contributed by atoms with Gasteiger partial charge in [0, 0.05) is 26.7 Å². The highest BCUT2D eigenvalue weighted by Gasteiger charge is 2.24. The second-order valence-electron chi connectivity index (χ2n) is 4.81. The summed E-state index contributed by atoms with van der Waals surface area (Å²) in [5.74, 6) is 1.76. The number of hydrogen-bond acceptors (Lipinski definition) is 3. The van der Waals surface area contributed by atoms with E-state index in [1.807, 2.05) is 0 Å². The zero-order valence-corrected chi connectivity index (χ0v) is 10.5. The third kappa shape index (κ3) is 4.96. The van der Waals surface area contributed by atoms with E-state index in [9.17, 15) is 0 Å². The van der Waals surface area contributed by atoms with Gasteiger partial charge < -0.3 is 15.0 Å². The van der Waals surface area contributed by atoms with Gasteiger partial charge in [-0.05, 0) is 31.3 Å². The van der Waals surface area contributed by atoms with Gasteiger partial charge in [0.2, 0.25) is 0 Å². The van der Waals surface area contributed by atoms with Crippen molar-refractivity contribution in [1.29, 1.82) is 0 Å². The summed E-state index contributed by atoms with van der Waals surface area (Å²) in [6, 6.07) is 0. The van der Waals surface area contributed by atoms with Crippen molar-refractivity contribution in [3.8, 4) is 0 Å². The summed E-state index contributed by atoms with van der Waals surface area (Å²) in [6.07, 6.45) is 1.25. The quantitative estimate of drug-likeness (QED) is 0.645. The first kappa shape index (κ1) is 12.9. The van der Waals surface area contributed by atoms with Crippen LogP contribution in [0.3, 0.4) is 0 Å². The van der Waals surface area contributed by atoms with E-state index in [0.717, 1.165) is 31.5 Å². The summed E-state index contributed by atoms with van der Waals surface area (Å²) in [5, 5.41) is 3.38. The van der Waals surface area contributed by atoms with Crippen molar-refractivity contribution in [3.05, 3.63) is 0 Å². The largest absolute Gasteiger partial charge is 0.383 e. The van der Waals surface area contributed by atoms with E-state index in [1.165, 1.54) is 26.1 Å². The molecule has 1 heterocycles. The van der Waals surface area contributed by atoms with Crippen LogP contribution in [0.5, 0.6) is 0 Å². The summed E-state index contributed by atoms with van der Waals surface area (Å²) >= 11 is 0. The molecule has 90 valence electrons. The van der Waals surface area contributed by atoms with Gasteiger partial charge in [0.1, 0.15) is 0 Å². The first-order valence-corrected chi connectivity index (χ1v) is 6.16. The first-order chi connectivity index (χ1) is 7.24. The molecule has 3 nitrogen and oxygen atoms in total. The Bertz CT molecular complexity index is 154. The summed E-state index contributed by atoms with van der Waals surface area (Å²) < 4.78 is 4.98. The fraction of sp³-hybridized carbons (Fsp3) is 1.00. The van der Waals surface area contributed by atoms with Crippen LogP contribution in [0.2, 0.25) is 0 Å². The predicted molar refractivity (Wildman–Crippen MR) is 64.1 cm³/mol. The lowest BCUT2D eigenvalue weighted by Gasteiger charge is -2.15. The molecule has 3 heteroatoms. The highest BCUT2D eigenvalue weighted by atomic mass is 16.5. The molecule has 0 radical (unpaired) electrons. The average Bonchev–Trinajstić information content (AvgIpc) is 2.52. The second kappa shape index (κ2) is 7.20. The Morgan fingerprint density at radius 3 is 2.47 bits per heavy atom. The van der Waals surface area contributed by atoms with Gasteiger partial charge in [-0.25, -0.2) is 0 Å². The van der Waals surface area contributed by atoms with Crippen LogP contribution in [0.15, 0.2) is 0 Å². The molecule has 2 atom stereocenters. The van der Waals surface area contributed by atoms with Gasteiger partial charge in [0.25, 0.3) is 0 Å². The lowest BCUT2D eigenvalue weighted by Crippen LogP contribution is -2.27. The van der Waals surface area contributed by atoms with Crippen LogP contribution in [0.1, 0.15) is 20.3 Å². The second-order valence-corrected chi connectivity index (χ2v) is 4.81. The van der Waals surface area contributed by atoms with Crippen LogP contribution in [0.4, 0.5) is 0 Å². The Labute approximate surface area is 94.2 Å². The van der Waals surface area contributed by atoms with E-state index in [-0.39, 0.29) is 0 Å². The minimum atomic E-state index is 0.817. The topological polar surface area (TPSA) is 24.5 Å². The Morgan fingerprint density at radius 2 is 1.87 bits per heavy atom. The molecule has 1 N–H and O–H groups in total. The maximum absolute atomic E-state index is 4.98. The molecule has 15 heavy (non-hydrogen) atoms. The molecule has 1 aliphatic heterocycles. The summed E-state index contributed by atoms with van der Waals surface area (Å²) in [7, 11) is 1.74. The number of hydrogen-bond donors (Lipinski definition) is 1. The van der Waals surface area contributed by atoms with Crippen LogP contribution in [0, 0.1) is 11.8 Å². The van der Waals surface area contributed by atoms with Crippen molar-refractivity contribution >= 4 is 0 Å². The minimum Gasteiger partial charge on any atom is -0.383 e. The molecule has 0 spiro atoms. The fourth-order valence-corrected chi connectivity index (χ4v) is 2.16. The number of likely N-dealkylation sites (tertiary alicyclic amines) is 1. The predicted octanol–water partition coefficient (Wildman–Crippen LogP) is 1.20. The highest BCUT2D eigenvalue weighted by Crippen LogP contribution is 2.21. The van der Waals surface area contributed by atoms with Crippen LogP contribution < -0.4 is 5.32 Å². The smallest absolute Gasteiger partial charge is 0.0587 e. The van der Waals surface area contributed by atoms with Gasteiger partial charge in [-0.15, -0.1) is 0 Å². The van der Waals surface area contributed by atoms with Gasteiger partial charge in [-0.2, -0.15) is 0 Å². The van der Waals surface area contributed by atoms with Crippen LogP contribution in [0.25, 0.3) is 0 Å². The maximum atomic E-state index is 4.98. The molecular formula is C12H26N2O. The standard InChI is InChI=1S/C12H26N2O/c1-11-9-14(10-12(11)2)7-4-5-13-6-8-15-3/h11-13H,4-10H2,1-3H3. The van der Waals surface area contributed by atoms with Gasteiger partial charge in [0.15, 0.2) is 0 Å². The minimum absolute atomic E-state index is 0.817. The monoisotopic (exact) mass is 214 g/mol. The Kier molecular flexibility index (Phi) is 6.22. The van der Waals surface area contributed by atoms with E-state index in [4.69, 9.17) is 4.74 Å². The molecule has 1 rings (SSSR count). The van der Waals surface area contributed by atoms with Gasteiger partial charge >= 0.3 is 0 Å². The fourth-order valence-electron chi connectivity index (χ4n) is 2.16. The number of ether oxygens (including phenoxy) is 1. The van der Waals surface area contributed by atoms with Gasteiger partial charge in [-0.1, -0.05) is 13.8 Å². The summed E-state index contributed by atoms with van der Waals surface area (Å²) in [4.78, 5) is 2.59. The Balaban J connectivity index is 1.92. The van der Waals surface area contributed by atoms with Crippen molar-refractivity contribution in [3.63, 3.8) is 0 Å². The van der Waals surface area contributed by atoms with Crippen LogP contribution >= 0.6 is 0 Å². The molecular weight excluding hydrogens is 188 g/mol. The molecule has 0 aromatic carbocycles. The zero-order chi connectivity index (χ0) is 11.1. The van der Waals surface area contributed by atoms with Crippen LogP contribution in [-0.2, 0) is 4.74 Å². The number of rotatable bonds is 7. The molecule has 1 saturated heterocycles. The molecule has 0 bridgehead atoms. The molecule has 0 aliphatic carbocycles. The lowest BCUT2D eigenvalue weighted by molar-refractivity contribution is 0.198. The third-order valence-electron chi connectivity index (χ3n) is 3.37. The van der Waals surface area contributed by atoms with E-state index < -0.39 is 0 Å². The third-order valence-corrected chi connectivity index (χ3v) is 3.37. The van der Waals surface area contributed by atoms with Crippen molar-refractivity contribution in [2.24, 2.45) is 11.8 Å². The van der Waals surface area contributed by atoms with E-state index in [2.05, 4.69) is 24.1 Å². The molecule has 1 fully saturated rings. The summed E-state index contributed by atoms with van der Waals surface area (Å²) in [6.45, 7) is 11.5. The lowest BCUT2D eigenvalue weighted by atomic mass is 10.0. The first-order valence-electron chi connectivity index (χ1n) is 6.16. The SMILES string of the molecule is COCCNCCCN1CC(C)C(C)C1. The maximum Gasteiger partial charge on any atom is 0.0587 e. The number of methoxy groups -OCH3 is 1. The number of nitrogens with one attached hydrogen (secondary N) is 1. The van der Waals surface area contributed by atoms with Crippen molar-refractivity contribution in [1.82, 2.24) is 10.2 Å². The Hall–Kier alpha value is -0.120. The van der Waals surface area contributed by atoms with Crippen molar-refractivity contribution in [2.75, 3.05) is 46.4 Å². The molecule has 2 unspecified atom stereocenters. The highest BCUT2D eigenvalue weighted by molar-refractivity contribution is 4.78.